The second-order valence-electron chi connectivity index (χ2n) is 8.44. The molecule has 1 unspecified atom stereocenters. The van der Waals surface area contributed by atoms with E-state index in [2.05, 4.69) is 5.32 Å². The molecule has 0 aliphatic heterocycles. The SMILES string of the molecule is CCCCNC(=O)C(C)N(Cc1ccccc1)C(=O)CN(c1cc(C)cc(C)c1)S(C)(=O)=O. The van der Waals surface area contributed by atoms with E-state index >= 15 is 0 Å². The molecule has 2 aromatic carbocycles. The minimum absolute atomic E-state index is 0.201. The maximum atomic E-state index is 13.5. The quantitative estimate of drug-likeness (QED) is 0.507. The van der Waals surface area contributed by atoms with Gasteiger partial charge in [0.05, 0.1) is 11.9 Å². The maximum Gasteiger partial charge on any atom is 0.244 e. The molecule has 1 N–H and O–H groups in total. The predicted octanol–water partition coefficient (Wildman–Crippen LogP) is 3.40. The second-order valence-corrected chi connectivity index (χ2v) is 10.4. The van der Waals surface area contributed by atoms with Crippen molar-refractivity contribution in [1.82, 2.24) is 10.2 Å². The van der Waals surface area contributed by atoms with Crippen molar-refractivity contribution in [2.24, 2.45) is 0 Å². The molecule has 0 spiro atoms. The molecule has 0 fully saturated rings. The third-order valence-electron chi connectivity index (χ3n) is 5.37. The number of aryl methyl sites for hydroxylation is 2. The van der Waals surface area contributed by atoms with Gasteiger partial charge in [-0.25, -0.2) is 8.42 Å². The Labute approximate surface area is 197 Å². The van der Waals surface area contributed by atoms with Crippen LogP contribution in [0.15, 0.2) is 48.5 Å². The smallest absolute Gasteiger partial charge is 0.244 e. The minimum Gasteiger partial charge on any atom is -0.354 e. The van der Waals surface area contributed by atoms with Crippen molar-refractivity contribution in [3.63, 3.8) is 0 Å². The summed E-state index contributed by atoms with van der Waals surface area (Å²) in [5.41, 5.74) is 3.09. The summed E-state index contributed by atoms with van der Waals surface area (Å²) in [5.74, 6) is -0.702. The highest BCUT2D eigenvalue weighted by atomic mass is 32.2. The lowest BCUT2D eigenvalue weighted by Gasteiger charge is -2.31. The molecule has 0 bridgehead atoms. The lowest BCUT2D eigenvalue weighted by molar-refractivity contribution is -0.139. The van der Waals surface area contributed by atoms with Crippen LogP contribution < -0.4 is 9.62 Å². The van der Waals surface area contributed by atoms with Crippen molar-refractivity contribution in [3.05, 3.63) is 65.2 Å². The first-order valence-corrected chi connectivity index (χ1v) is 13.0. The molecular formula is C25H35N3O4S. The van der Waals surface area contributed by atoms with Gasteiger partial charge in [0.15, 0.2) is 0 Å². The maximum absolute atomic E-state index is 13.5. The van der Waals surface area contributed by atoms with Crippen LogP contribution >= 0.6 is 0 Å². The number of benzene rings is 2. The second kappa shape index (κ2) is 11.8. The number of hydrogen-bond donors (Lipinski definition) is 1. The van der Waals surface area contributed by atoms with Crippen LogP contribution in [0.3, 0.4) is 0 Å². The Morgan fingerprint density at radius 3 is 2.18 bits per heavy atom. The number of carbonyl (C=O) groups is 2. The van der Waals surface area contributed by atoms with Gasteiger partial charge in [-0.15, -0.1) is 0 Å². The van der Waals surface area contributed by atoms with E-state index in [1.807, 2.05) is 57.2 Å². The Balaban J connectivity index is 2.35. The Hall–Kier alpha value is -2.87. The van der Waals surface area contributed by atoms with E-state index in [1.54, 1.807) is 19.1 Å². The van der Waals surface area contributed by atoms with Gasteiger partial charge in [0.25, 0.3) is 0 Å². The molecule has 7 nitrogen and oxygen atoms in total. The molecule has 33 heavy (non-hydrogen) atoms. The molecule has 2 amide bonds. The van der Waals surface area contributed by atoms with Gasteiger partial charge in [-0.3, -0.25) is 13.9 Å². The number of amides is 2. The summed E-state index contributed by atoms with van der Waals surface area (Å²) in [6.07, 6.45) is 2.88. The van der Waals surface area contributed by atoms with Crippen LogP contribution in [-0.2, 0) is 26.2 Å². The number of rotatable bonds is 11. The van der Waals surface area contributed by atoms with E-state index in [4.69, 9.17) is 0 Å². The molecule has 0 heterocycles. The average molecular weight is 474 g/mol. The highest BCUT2D eigenvalue weighted by Crippen LogP contribution is 2.22. The molecule has 2 rings (SSSR count). The normalized spacial score (nSPS) is 12.2. The van der Waals surface area contributed by atoms with Gasteiger partial charge in [-0.05, 0) is 56.0 Å². The van der Waals surface area contributed by atoms with Crippen LogP contribution in [0.2, 0.25) is 0 Å². The number of nitrogens with zero attached hydrogens (tertiary/aromatic N) is 2. The summed E-state index contributed by atoms with van der Waals surface area (Å²) in [6.45, 7) is 7.81. The summed E-state index contributed by atoms with van der Waals surface area (Å²) < 4.78 is 26.4. The number of hydrogen-bond acceptors (Lipinski definition) is 4. The number of sulfonamides is 1. The van der Waals surface area contributed by atoms with E-state index in [0.29, 0.717) is 12.2 Å². The van der Waals surface area contributed by atoms with E-state index in [9.17, 15) is 18.0 Å². The Bertz CT molecular complexity index is 1030. The van der Waals surface area contributed by atoms with Gasteiger partial charge in [0, 0.05) is 13.1 Å². The molecule has 180 valence electrons. The van der Waals surface area contributed by atoms with Crippen LogP contribution in [0.5, 0.6) is 0 Å². The van der Waals surface area contributed by atoms with Crippen LogP contribution in [0.25, 0.3) is 0 Å². The van der Waals surface area contributed by atoms with Crippen molar-refractivity contribution in [2.75, 3.05) is 23.7 Å². The predicted molar refractivity (Wildman–Crippen MR) is 132 cm³/mol. The van der Waals surface area contributed by atoms with Gasteiger partial charge >= 0.3 is 0 Å². The molecule has 0 radical (unpaired) electrons. The topological polar surface area (TPSA) is 86.8 Å². The number of unbranched alkanes of at least 4 members (excludes halogenated alkanes) is 1. The van der Waals surface area contributed by atoms with Gasteiger partial charge < -0.3 is 10.2 Å². The highest BCUT2D eigenvalue weighted by molar-refractivity contribution is 7.92. The van der Waals surface area contributed by atoms with Crippen molar-refractivity contribution in [3.8, 4) is 0 Å². The lowest BCUT2D eigenvalue weighted by Crippen LogP contribution is -2.51. The first-order chi connectivity index (χ1) is 15.5. The fraction of sp³-hybridized carbons (Fsp3) is 0.440. The Morgan fingerprint density at radius 2 is 1.64 bits per heavy atom. The first kappa shape index (κ1) is 26.4. The van der Waals surface area contributed by atoms with Crippen molar-refractivity contribution < 1.29 is 18.0 Å². The van der Waals surface area contributed by atoms with Gasteiger partial charge in [0.2, 0.25) is 21.8 Å². The highest BCUT2D eigenvalue weighted by Gasteiger charge is 2.30. The van der Waals surface area contributed by atoms with E-state index in [0.717, 1.165) is 40.1 Å². The zero-order valence-electron chi connectivity index (χ0n) is 20.2. The number of carbonyl (C=O) groups excluding carboxylic acids is 2. The number of nitrogens with one attached hydrogen (secondary N) is 1. The third kappa shape index (κ3) is 7.89. The Kier molecular flexibility index (Phi) is 9.46. The molecule has 2 aromatic rings. The fourth-order valence-corrected chi connectivity index (χ4v) is 4.44. The molecule has 0 aromatic heterocycles. The lowest BCUT2D eigenvalue weighted by atomic mass is 10.1. The summed E-state index contributed by atoms with van der Waals surface area (Å²) in [6, 6.07) is 14.0. The zero-order chi connectivity index (χ0) is 24.6. The van der Waals surface area contributed by atoms with Crippen LogP contribution in [0.1, 0.15) is 43.4 Å². The van der Waals surface area contributed by atoms with Gasteiger partial charge in [-0.1, -0.05) is 49.7 Å². The van der Waals surface area contributed by atoms with Crippen LogP contribution in [0.4, 0.5) is 5.69 Å². The van der Waals surface area contributed by atoms with E-state index < -0.39 is 22.0 Å². The molecule has 8 heteroatoms. The summed E-state index contributed by atoms with van der Waals surface area (Å²) in [5, 5.41) is 2.87. The van der Waals surface area contributed by atoms with Crippen molar-refractivity contribution in [1.29, 1.82) is 0 Å². The fourth-order valence-electron chi connectivity index (χ4n) is 3.61. The standard InChI is InChI=1S/C25H35N3O4S/c1-6-7-13-26-25(30)21(4)27(17-22-11-9-8-10-12-22)24(29)18-28(33(5,31)32)23-15-19(2)14-20(3)16-23/h8-12,14-16,21H,6-7,13,17-18H2,1-5H3,(H,26,30). The third-order valence-corrected chi connectivity index (χ3v) is 6.51. The number of anilines is 1. The molecule has 0 aliphatic carbocycles. The molecule has 0 saturated heterocycles. The van der Waals surface area contributed by atoms with Crippen LogP contribution in [-0.4, -0.2) is 50.5 Å². The largest absolute Gasteiger partial charge is 0.354 e. The summed E-state index contributed by atoms with van der Waals surface area (Å²) >= 11 is 0. The van der Waals surface area contributed by atoms with Gasteiger partial charge in [0.1, 0.15) is 12.6 Å². The molecular weight excluding hydrogens is 438 g/mol. The first-order valence-electron chi connectivity index (χ1n) is 11.2. The monoisotopic (exact) mass is 473 g/mol. The Morgan fingerprint density at radius 1 is 1.03 bits per heavy atom. The molecule has 1 atom stereocenters. The average Bonchev–Trinajstić information content (AvgIpc) is 2.74. The minimum atomic E-state index is -3.73. The van der Waals surface area contributed by atoms with E-state index in [-0.39, 0.29) is 19.0 Å². The summed E-state index contributed by atoms with van der Waals surface area (Å²) in [4.78, 5) is 27.7. The molecule has 0 aliphatic rings. The van der Waals surface area contributed by atoms with Crippen LogP contribution in [0, 0.1) is 13.8 Å². The van der Waals surface area contributed by atoms with E-state index in [1.165, 1.54) is 4.90 Å². The molecule has 0 saturated carbocycles. The van der Waals surface area contributed by atoms with Gasteiger partial charge in [-0.2, -0.15) is 0 Å². The van der Waals surface area contributed by atoms with Crippen molar-refractivity contribution >= 4 is 27.5 Å². The summed E-state index contributed by atoms with van der Waals surface area (Å²) in [7, 11) is -3.73. The zero-order valence-corrected chi connectivity index (χ0v) is 21.0. The van der Waals surface area contributed by atoms with Crippen molar-refractivity contribution in [2.45, 2.75) is 53.1 Å².